The number of ketones is 4. The van der Waals surface area contributed by atoms with E-state index in [4.69, 9.17) is 37.9 Å². The lowest BCUT2D eigenvalue weighted by molar-refractivity contribution is 0.0966. The molecule has 0 saturated heterocycles. The van der Waals surface area contributed by atoms with Crippen molar-refractivity contribution in [3.05, 3.63) is 212 Å². The van der Waals surface area contributed by atoms with Gasteiger partial charge >= 0.3 is 0 Å². The number of methoxy groups -OCH3 is 8. The number of nitrogens with one attached hydrogen (secondary N) is 4. The molecule has 0 fully saturated rings. The summed E-state index contributed by atoms with van der Waals surface area (Å²) >= 11 is 0. The third-order valence-corrected chi connectivity index (χ3v) is 13.5. The van der Waals surface area contributed by atoms with Gasteiger partial charge in [0, 0.05) is 151 Å². The van der Waals surface area contributed by atoms with Crippen molar-refractivity contribution < 1.29 is 76.3 Å². The van der Waals surface area contributed by atoms with Crippen LogP contribution in [0.25, 0.3) is 0 Å². The Morgan fingerprint density at radius 1 is 0.274 bits per heavy atom. The van der Waals surface area contributed by atoms with Crippen LogP contribution in [0.5, 0.6) is 46.0 Å². The Kier molecular flexibility index (Phi) is 16.8. The van der Waals surface area contributed by atoms with Crippen molar-refractivity contribution in [1.82, 2.24) is 0 Å². The zero-order valence-corrected chi connectivity index (χ0v) is 46.4. The second-order valence-corrected chi connectivity index (χ2v) is 18.5. The molecule has 2 aliphatic rings. The first-order valence-corrected chi connectivity index (χ1v) is 25.4. The van der Waals surface area contributed by atoms with Gasteiger partial charge in [-0.05, 0) is 24.3 Å². The molecular weight excluding hydrogens is 1080 g/mol. The molecule has 0 aliphatic heterocycles. The fourth-order valence-electron chi connectivity index (χ4n) is 9.39. The summed E-state index contributed by atoms with van der Waals surface area (Å²) in [5, 5.41) is 11.0. The van der Waals surface area contributed by atoms with Gasteiger partial charge in [-0.25, -0.2) is 0 Å². The van der Waals surface area contributed by atoms with E-state index in [0.717, 1.165) is 0 Å². The van der Waals surface area contributed by atoms with Crippen LogP contribution in [0.15, 0.2) is 146 Å². The van der Waals surface area contributed by atoms with E-state index in [1.165, 1.54) is 105 Å². The third kappa shape index (κ3) is 11.8. The molecule has 0 saturated carbocycles. The number of carbonyl (C=O) groups excluding carboxylic acids is 8. The van der Waals surface area contributed by atoms with Crippen LogP contribution in [0.1, 0.15) is 105 Å². The van der Waals surface area contributed by atoms with Gasteiger partial charge in [-0.15, -0.1) is 0 Å². The van der Waals surface area contributed by atoms with E-state index >= 15 is 0 Å². The van der Waals surface area contributed by atoms with Crippen molar-refractivity contribution in [1.29, 1.82) is 0 Å². The minimum absolute atomic E-state index is 0.00978. The first-order valence-electron chi connectivity index (χ1n) is 25.4. The highest BCUT2D eigenvalue weighted by Gasteiger charge is 2.36. The summed E-state index contributed by atoms with van der Waals surface area (Å²) in [5.41, 5.74) is 1.48. The average molecular weight is 1130 g/mol. The Morgan fingerprint density at radius 3 is 0.738 bits per heavy atom. The second kappa shape index (κ2) is 24.6. The fourth-order valence-corrected chi connectivity index (χ4v) is 9.39. The fraction of sp³-hybridized carbons (Fsp3) is 0.125. The number of amides is 4. The zero-order chi connectivity index (χ0) is 59.9. The Bertz CT molecular complexity index is 3690. The molecule has 0 unspecified atom stereocenters. The molecule has 84 heavy (non-hydrogen) atoms. The maximum Gasteiger partial charge on any atom is 0.256 e. The summed E-state index contributed by atoms with van der Waals surface area (Å²) in [7, 11) is 11.8. The first-order chi connectivity index (χ1) is 40.5. The summed E-state index contributed by atoms with van der Waals surface area (Å²) in [6.07, 6.45) is 0. The second-order valence-electron chi connectivity index (χ2n) is 18.5. The van der Waals surface area contributed by atoms with Gasteiger partial charge < -0.3 is 59.2 Å². The van der Waals surface area contributed by atoms with Crippen molar-refractivity contribution in [3.63, 3.8) is 0 Å². The van der Waals surface area contributed by atoms with Crippen LogP contribution in [0.2, 0.25) is 0 Å². The largest absolute Gasteiger partial charge is 0.497 e. The zero-order valence-electron chi connectivity index (χ0n) is 46.4. The summed E-state index contributed by atoms with van der Waals surface area (Å²) in [4.78, 5) is 109. The number of rotatable bonds is 16. The molecule has 424 valence electrons. The van der Waals surface area contributed by atoms with Crippen LogP contribution in [-0.4, -0.2) is 104 Å². The Balaban J connectivity index is 0.000000202. The molecule has 10 rings (SSSR count). The monoisotopic (exact) mass is 1130 g/mol. The minimum atomic E-state index is -0.709. The van der Waals surface area contributed by atoms with Crippen LogP contribution in [0, 0.1) is 0 Å². The average Bonchev–Trinajstić information content (AvgIpc) is 0.916. The predicted molar refractivity (Wildman–Crippen MR) is 309 cm³/mol. The molecule has 20 nitrogen and oxygen atoms in total. The molecule has 4 N–H and O–H groups in total. The van der Waals surface area contributed by atoms with Gasteiger partial charge in [0.1, 0.15) is 46.0 Å². The van der Waals surface area contributed by atoms with Crippen molar-refractivity contribution in [2.75, 3.05) is 78.1 Å². The smallest absolute Gasteiger partial charge is 0.256 e. The Hall–Kier alpha value is -11.3. The van der Waals surface area contributed by atoms with Crippen molar-refractivity contribution in [2.45, 2.75) is 0 Å². The number of hydrogen-bond acceptors (Lipinski definition) is 16. The lowest BCUT2D eigenvalue weighted by atomic mass is 9.80. The highest BCUT2D eigenvalue weighted by atomic mass is 16.5. The number of benzene rings is 8. The number of ether oxygens (including phenoxy) is 8. The van der Waals surface area contributed by atoms with E-state index < -0.39 is 46.8 Å². The molecule has 8 aromatic carbocycles. The molecule has 0 spiro atoms. The van der Waals surface area contributed by atoms with Crippen LogP contribution < -0.4 is 59.2 Å². The topological polar surface area (TPSA) is 259 Å². The molecule has 2 aliphatic carbocycles. The standard InChI is InChI=1S/2C32H26N2O8/c2*1-39-20-11-18(12-21(15-20)40-2)33-31(37)17-9-26-28(30(36)25-8-6-5-7-24(25)29(26)35)27(10-17)32(38)34-19-13-22(41-3)16-23(14-19)42-4/h2*5-16H,1-4H3,(H,33,37)(H,34,38). The lowest BCUT2D eigenvalue weighted by Gasteiger charge is -2.21. The van der Waals surface area contributed by atoms with Gasteiger partial charge in [-0.3, -0.25) is 38.4 Å². The maximum absolute atomic E-state index is 13.7. The lowest BCUT2D eigenvalue weighted by Crippen LogP contribution is -2.27. The van der Waals surface area contributed by atoms with Crippen molar-refractivity contribution in [2.24, 2.45) is 0 Å². The molecule has 0 atom stereocenters. The maximum atomic E-state index is 13.7. The normalized spacial score (nSPS) is 11.6. The van der Waals surface area contributed by atoms with E-state index in [-0.39, 0.29) is 66.8 Å². The van der Waals surface area contributed by atoms with E-state index in [1.54, 1.807) is 97.1 Å². The van der Waals surface area contributed by atoms with Crippen LogP contribution in [-0.2, 0) is 0 Å². The van der Waals surface area contributed by atoms with Gasteiger partial charge in [0.2, 0.25) is 0 Å². The van der Waals surface area contributed by atoms with Gasteiger partial charge in [0.05, 0.1) is 68.0 Å². The van der Waals surface area contributed by atoms with Gasteiger partial charge in [0.25, 0.3) is 23.6 Å². The highest BCUT2D eigenvalue weighted by molar-refractivity contribution is 6.33. The molecule has 20 heteroatoms. The molecule has 4 amide bonds. The van der Waals surface area contributed by atoms with Gasteiger partial charge in [-0.2, -0.15) is 0 Å². The van der Waals surface area contributed by atoms with Crippen LogP contribution >= 0.6 is 0 Å². The Labute approximate surface area is 480 Å². The van der Waals surface area contributed by atoms with E-state index in [9.17, 15) is 38.4 Å². The molecular formula is C64H52N4O16. The van der Waals surface area contributed by atoms with Crippen LogP contribution in [0.4, 0.5) is 22.7 Å². The number of fused-ring (bicyclic) bond motifs is 4. The molecule has 8 aromatic rings. The predicted octanol–water partition coefficient (Wildman–Crippen LogP) is 10.0. The highest BCUT2D eigenvalue weighted by Crippen LogP contribution is 2.36. The summed E-state index contributed by atoms with van der Waals surface area (Å²) in [5.74, 6) is -1.14. The quantitative estimate of drug-likeness (QED) is 0.0701. The minimum Gasteiger partial charge on any atom is -0.497 e. The number of hydrogen-bond donors (Lipinski definition) is 4. The van der Waals surface area contributed by atoms with Gasteiger partial charge in [0.15, 0.2) is 23.1 Å². The molecule has 0 radical (unpaired) electrons. The van der Waals surface area contributed by atoms with E-state index in [1.807, 2.05) is 0 Å². The first kappa shape index (κ1) is 57.4. The summed E-state index contributed by atoms with van der Waals surface area (Å²) in [6.45, 7) is 0. The van der Waals surface area contributed by atoms with Gasteiger partial charge in [-0.1, -0.05) is 48.5 Å². The summed E-state index contributed by atoms with van der Waals surface area (Å²) in [6, 6.07) is 37.1. The van der Waals surface area contributed by atoms with E-state index in [0.29, 0.717) is 68.7 Å². The molecule has 0 bridgehead atoms. The van der Waals surface area contributed by atoms with E-state index in [2.05, 4.69) is 21.3 Å². The number of anilines is 4. The van der Waals surface area contributed by atoms with Crippen molar-refractivity contribution in [3.8, 4) is 46.0 Å². The molecule has 0 aromatic heterocycles. The molecule has 0 heterocycles. The summed E-state index contributed by atoms with van der Waals surface area (Å²) < 4.78 is 42.2. The Morgan fingerprint density at radius 2 is 0.500 bits per heavy atom. The SMILES string of the molecule is COc1cc(NC(=O)c2cc(C(=O)Nc3cc(OC)cc(OC)c3)c3c(c2)C(=O)c2ccccc2C3=O)cc(OC)c1.COc1cc(NC(=O)c2cc(C(=O)Nc3cc(OC)cc(OC)c3)c3c(c2)C(=O)c2ccccc2C3=O)cc(OC)c1. The van der Waals surface area contributed by atoms with Crippen molar-refractivity contribution >= 4 is 69.5 Å². The number of carbonyl (C=O) groups is 8. The van der Waals surface area contributed by atoms with Crippen LogP contribution in [0.3, 0.4) is 0 Å². The third-order valence-electron chi connectivity index (χ3n) is 13.5.